The number of benzene rings is 1. The van der Waals surface area contributed by atoms with Gasteiger partial charge in [0.1, 0.15) is 5.75 Å². The molecule has 0 radical (unpaired) electrons. The van der Waals surface area contributed by atoms with Crippen molar-refractivity contribution in [3.63, 3.8) is 0 Å². The Labute approximate surface area is 97.2 Å². The maximum Gasteiger partial charge on any atom is 0.119 e. The molecule has 1 aliphatic rings. The molecule has 1 aromatic carbocycles. The molecule has 2 rings (SSSR count). The van der Waals surface area contributed by atoms with Crippen LogP contribution in [0.1, 0.15) is 24.4 Å². The summed E-state index contributed by atoms with van der Waals surface area (Å²) in [5.41, 5.74) is 7.36. The molecule has 3 nitrogen and oxygen atoms in total. The maximum absolute atomic E-state index is 6.20. The van der Waals surface area contributed by atoms with Gasteiger partial charge in [0.05, 0.1) is 7.11 Å². The minimum atomic E-state index is 0.0909. The molecule has 1 fully saturated rings. The van der Waals surface area contributed by atoms with E-state index in [1.54, 1.807) is 7.11 Å². The van der Waals surface area contributed by atoms with Crippen molar-refractivity contribution in [2.75, 3.05) is 26.7 Å². The molecule has 0 saturated carbocycles. The highest BCUT2D eigenvalue weighted by Gasteiger charge is 2.16. The predicted molar refractivity (Wildman–Crippen MR) is 65.6 cm³/mol. The lowest BCUT2D eigenvalue weighted by atomic mass is 10.1. The predicted octanol–water partition coefficient (Wildman–Crippen LogP) is 1.79. The van der Waals surface area contributed by atoms with E-state index in [1.165, 1.54) is 25.9 Å². The summed E-state index contributed by atoms with van der Waals surface area (Å²) in [4.78, 5) is 2.43. The molecule has 0 amide bonds. The molecule has 3 heteroatoms. The van der Waals surface area contributed by atoms with E-state index in [2.05, 4.69) is 11.0 Å². The summed E-state index contributed by atoms with van der Waals surface area (Å²) in [5.74, 6) is 0.884. The van der Waals surface area contributed by atoms with Crippen molar-refractivity contribution in [3.8, 4) is 5.75 Å². The number of rotatable bonds is 4. The third kappa shape index (κ3) is 2.74. The van der Waals surface area contributed by atoms with Gasteiger partial charge in [0.25, 0.3) is 0 Å². The number of methoxy groups -OCH3 is 1. The Morgan fingerprint density at radius 2 is 2.12 bits per heavy atom. The number of nitrogens with two attached hydrogens (primary N) is 1. The van der Waals surface area contributed by atoms with Gasteiger partial charge in [-0.2, -0.15) is 0 Å². The largest absolute Gasteiger partial charge is 0.497 e. The highest BCUT2D eigenvalue weighted by atomic mass is 16.5. The van der Waals surface area contributed by atoms with Crippen LogP contribution >= 0.6 is 0 Å². The smallest absolute Gasteiger partial charge is 0.119 e. The van der Waals surface area contributed by atoms with Crippen LogP contribution in [0, 0.1) is 0 Å². The van der Waals surface area contributed by atoms with Gasteiger partial charge in [0.15, 0.2) is 0 Å². The second kappa shape index (κ2) is 5.32. The summed E-state index contributed by atoms with van der Waals surface area (Å²) in [6.45, 7) is 3.34. The van der Waals surface area contributed by atoms with Crippen molar-refractivity contribution in [3.05, 3.63) is 29.8 Å². The zero-order chi connectivity index (χ0) is 11.4. The number of likely N-dealkylation sites (tertiary alicyclic amines) is 1. The summed E-state index contributed by atoms with van der Waals surface area (Å²) in [5, 5.41) is 0. The van der Waals surface area contributed by atoms with E-state index >= 15 is 0 Å². The number of nitrogens with zero attached hydrogens (tertiary/aromatic N) is 1. The van der Waals surface area contributed by atoms with E-state index in [9.17, 15) is 0 Å². The van der Waals surface area contributed by atoms with Crippen LogP contribution in [-0.4, -0.2) is 31.6 Å². The van der Waals surface area contributed by atoms with Crippen LogP contribution < -0.4 is 10.5 Å². The average Bonchev–Trinajstić information content (AvgIpc) is 2.82. The second-order valence-electron chi connectivity index (χ2n) is 4.39. The van der Waals surface area contributed by atoms with Gasteiger partial charge in [-0.15, -0.1) is 0 Å². The van der Waals surface area contributed by atoms with E-state index in [-0.39, 0.29) is 6.04 Å². The Hall–Kier alpha value is -1.06. The van der Waals surface area contributed by atoms with Crippen molar-refractivity contribution in [1.29, 1.82) is 0 Å². The van der Waals surface area contributed by atoms with E-state index in [0.29, 0.717) is 0 Å². The van der Waals surface area contributed by atoms with Crippen molar-refractivity contribution in [1.82, 2.24) is 4.90 Å². The van der Waals surface area contributed by atoms with Crippen LogP contribution in [0.3, 0.4) is 0 Å². The molecule has 1 atom stereocenters. The molecule has 0 unspecified atom stereocenters. The Bertz CT molecular complexity index is 334. The molecular weight excluding hydrogens is 200 g/mol. The van der Waals surface area contributed by atoms with Gasteiger partial charge in [-0.25, -0.2) is 0 Å². The summed E-state index contributed by atoms with van der Waals surface area (Å²) in [6.07, 6.45) is 2.62. The van der Waals surface area contributed by atoms with E-state index in [4.69, 9.17) is 10.5 Å². The minimum Gasteiger partial charge on any atom is -0.497 e. The van der Waals surface area contributed by atoms with E-state index < -0.39 is 0 Å². The third-order valence-corrected chi connectivity index (χ3v) is 3.18. The maximum atomic E-state index is 6.20. The number of ether oxygens (including phenoxy) is 1. The Kier molecular flexibility index (Phi) is 3.80. The van der Waals surface area contributed by atoms with Crippen LogP contribution in [0.5, 0.6) is 5.75 Å². The van der Waals surface area contributed by atoms with Crippen LogP contribution in [0.15, 0.2) is 24.3 Å². The van der Waals surface area contributed by atoms with Gasteiger partial charge in [-0.1, -0.05) is 12.1 Å². The van der Waals surface area contributed by atoms with Gasteiger partial charge in [0, 0.05) is 12.6 Å². The molecule has 1 saturated heterocycles. The lowest BCUT2D eigenvalue weighted by Crippen LogP contribution is -2.29. The molecular formula is C13H20N2O. The van der Waals surface area contributed by atoms with Crippen molar-refractivity contribution >= 4 is 0 Å². The van der Waals surface area contributed by atoms with Crippen molar-refractivity contribution < 1.29 is 4.74 Å². The second-order valence-corrected chi connectivity index (χ2v) is 4.39. The normalized spacial score (nSPS) is 18.6. The van der Waals surface area contributed by atoms with Gasteiger partial charge >= 0.3 is 0 Å². The van der Waals surface area contributed by atoms with Crippen LogP contribution in [-0.2, 0) is 0 Å². The highest BCUT2D eigenvalue weighted by Crippen LogP contribution is 2.19. The third-order valence-electron chi connectivity index (χ3n) is 3.18. The first kappa shape index (κ1) is 11.4. The first-order chi connectivity index (χ1) is 7.79. The molecule has 1 aromatic rings. The van der Waals surface area contributed by atoms with Crippen molar-refractivity contribution in [2.24, 2.45) is 5.73 Å². The minimum absolute atomic E-state index is 0.0909. The Morgan fingerprint density at radius 1 is 1.38 bits per heavy atom. The van der Waals surface area contributed by atoms with Crippen LogP contribution in [0.2, 0.25) is 0 Å². The lowest BCUT2D eigenvalue weighted by molar-refractivity contribution is 0.315. The Morgan fingerprint density at radius 3 is 2.81 bits per heavy atom. The number of hydrogen-bond acceptors (Lipinski definition) is 3. The zero-order valence-corrected chi connectivity index (χ0v) is 9.86. The molecule has 88 valence electrons. The first-order valence-corrected chi connectivity index (χ1v) is 5.91. The van der Waals surface area contributed by atoms with Gasteiger partial charge in [0.2, 0.25) is 0 Å². The van der Waals surface area contributed by atoms with E-state index in [1.807, 2.05) is 18.2 Å². The van der Waals surface area contributed by atoms with Crippen molar-refractivity contribution in [2.45, 2.75) is 18.9 Å². The summed E-state index contributed by atoms with van der Waals surface area (Å²) < 4.78 is 5.21. The summed E-state index contributed by atoms with van der Waals surface area (Å²) in [7, 11) is 1.69. The highest BCUT2D eigenvalue weighted by molar-refractivity contribution is 5.30. The quantitative estimate of drug-likeness (QED) is 0.840. The van der Waals surface area contributed by atoms with Crippen LogP contribution in [0.4, 0.5) is 0 Å². The van der Waals surface area contributed by atoms with E-state index in [0.717, 1.165) is 17.9 Å². The molecule has 1 heterocycles. The van der Waals surface area contributed by atoms with Gasteiger partial charge < -0.3 is 15.4 Å². The van der Waals surface area contributed by atoms with Gasteiger partial charge in [-0.3, -0.25) is 0 Å². The molecule has 0 aromatic heterocycles. The van der Waals surface area contributed by atoms with Crippen LogP contribution in [0.25, 0.3) is 0 Å². The van der Waals surface area contributed by atoms with Gasteiger partial charge in [-0.05, 0) is 43.6 Å². The summed E-state index contributed by atoms with van der Waals surface area (Å²) in [6, 6.07) is 8.14. The standard InChI is InChI=1S/C13H20N2O/c1-16-12-6-4-5-11(9-12)13(14)10-15-7-2-3-8-15/h4-6,9,13H,2-3,7-8,10,14H2,1H3/t13-/m1/s1. The fraction of sp³-hybridized carbons (Fsp3) is 0.538. The number of hydrogen-bond donors (Lipinski definition) is 1. The fourth-order valence-electron chi connectivity index (χ4n) is 2.22. The lowest BCUT2D eigenvalue weighted by Gasteiger charge is -2.20. The molecule has 2 N–H and O–H groups in total. The molecule has 1 aliphatic heterocycles. The topological polar surface area (TPSA) is 38.5 Å². The monoisotopic (exact) mass is 220 g/mol. The summed E-state index contributed by atoms with van der Waals surface area (Å²) >= 11 is 0. The molecule has 0 bridgehead atoms. The zero-order valence-electron chi connectivity index (χ0n) is 9.86. The molecule has 0 aliphatic carbocycles. The molecule has 0 spiro atoms. The average molecular weight is 220 g/mol. The Balaban J connectivity index is 1.98. The SMILES string of the molecule is COc1cccc([C@H](N)CN2CCCC2)c1. The fourth-order valence-corrected chi connectivity index (χ4v) is 2.22. The first-order valence-electron chi connectivity index (χ1n) is 5.91. The molecule has 16 heavy (non-hydrogen) atoms.